The van der Waals surface area contributed by atoms with Gasteiger partial charge in [-0.2, -0.15) is 22.0 Å². The second-order valence-electron chi connectivity index (χ2n) is 6.72. The van der Waals surface area contributed by atoms with Gasteiger partial charge in [0.25, 0.3) is 0 Å². The van der Waals surface area contributed by atoms with E-state index in [0.717, 1.165) is 34.6 Å². The minimum absolute atomic E-state index is 0.0130. The number of rotatable bonds is 2. The first-order valence-electron chi connectivity index (χ1n) is 8.29. The average molecular weight is 449 g/mol. The maximum Gasteiger partial charge on any atom is 0.417 e. The number of hydrogen-bond acceptors (Lipinski definition) is 3. The van der Waals surface area contributed by atoms with Crippen molar-refractivity contribution in [1.82, 2.24) is 4.90 Å². The third-order valence-electron chi connectivity index (χ3n) is 4.97. The molecule has 0 radical (unpaired) electrons. The largest absolute Gasteiger partial charge is 0.431 e. The Morgan fingerprint density at radius 3 is 2.74 bits per heavy atom. The smallest absolute Gasteiger partial charge is 0.417 e. The van der Waals surface area contributed by atoms with Crippen LogP contribution in [-0.4, -0.2) is 30.1 Å². The van der Waals surface area contributed by atoms with Gasteiger partial charge in [0.1, 0.15) is 5.54 Å². The number of hydrogen-bond donors (Lipinski definition) is 0. The monoisotopic (exact) mass is 448 g/mol. The highest BCUT2D eigenvalue weighted by Gasteiger charge is 2.47. The summed E-state index contributed by atoms with van der Waals surface area (Å²) >= 11 is 3.42. The highest BCUT2D eigenvalue weighted by molar-refractivity contribution is 9.10. The SMILES string of the molecule is FC(F)OC1=CC(C(F)(F)F)=CN2C[C@@]3(CCCc4cc(Br)ccc43)N=C12. The van der Waals surface area contributed by atoms with Gasteiger partial charge in [0.2, 0.25) is 0 Å². The maximum atomic E-state index is 13.2. The Hall–Kier alpha value is -1.90. The molecular formula is C18H14BrF5N2O. The Kier molecular flexibility index (Phi) is 4.32. The van der Waals surface area contributed by atoms with Crippen LogP contribution in [0.25, 0.3) is 0 Å². The summed E-state index contributed by atoms with van der Waals surface area (Å²) in [7, 11) is 0. The highest BCUT2D eigenvalue weighted by atomic mass is 79.9. The number of alkyl halides is 5. The number of aliphatic imine (C=N–C) groups is 1. The Morgan fingerprint density at radius 2 is 2.04 bits per heavy atom. The zero-order valence-electron chi connectivity index (χ0n) is 13.9. The fourth-order valence-electron chi connectivity index (χ4n) is 3.92. The van der Waals surface area contributed by atoms with Crippen LogP contribution < -0.4 is 0 Å². The van der Waals surface area contributed by atoms with Crippen LogP contribution in [0.4, 0.5) is 22.0 Å². The summed E-state index contributed by atoms with van der Waals surface area (Å²) < 4.78 is 70.4. The lowest BCUT2D eigenvalue weighted by molar-refractivity contribution is -0.0981. The van der Waals surface area contributed by atoms with Crippen LogP contribution >= 0.6 is 15.9 Å². The minimum Gasteiger partial charge on any atom is -0.431 e. The Bertz CT molecular complexity index is 877. The first kappa shape index (κ1) is 18.5. The second-order valence-corrected chi connectivity index (χ2v) is 7.63. The molecule has 0 N–H and O–H groups in total. The van der Waals surface area contributed by atoms with E-state index >= 15 is 0 Å². The molecule has 0 saturated heterocycles. The van der Waals surface area contributed by atoms with E-state index in [-0.39, 0.29) is 12.4 Å². The van der Waals surface area contributed by atoms with Crippen molar-refractivity contribution < 1.29 is 26.7 Å². The zero-order valence-corrected chi connectivity index (χ0v) is 15.4. The molecule has 3 aliphatic rings. The highest BCUT2D eigenvalue weighted by Crippen LogP contribution is 2.46. The van der Waals surface area contributed by atoms with Gasteiger partial charge in [-0.1, -0.05) is 22.0 Å². The molecule has 27 heavy (non-hydrogen) atoms. The van der Waals surface area contributed by atoms with E-state index < -0.39 is 29.7 Å². The molecule has 4 rings (SSSR count). The first-order valence-corrected chi connectivity index (χ1v) is 9.09. The molecule has 2 aliphatic heterocycles. The summed E-state index contributed by atoms with van der Waals surface area (Å²) in [4.78, 5) is 5.89. The molecule has 1 aliphatic carbocycles. The molecule has 0 unspecified atom stereocenters. The summed E-state index contributed by atoms with van der Waals surface area (Å²) in [6.07, 6.45) is -0.906. The number of halogens is 6. The summed E-state index contributed by atoms with van der Waals surface area (Å²) in [6.45, 7) is -3.08. The van der Waals surface area contributed by atoms with E-state index in [1.165, 1.54) is 4.90 Å². The van der Waals surface area contributed by atoms with Crippen LogP contribution in [0.3, 0.4) is 0 Å². The molecule has 1 atom stereocenters. The molecule has 2 heterocycles. The molecule has 1 aromatic carbocycles. The summed E-state index contributed by atoms with van der Waals surface area (Å²) in [5.41, 5.74) is 0.157. The van der Waals surface area contributed by atoms with Crippen LogP contribution in [-0.2, 0) is 16.7 Å². The molecule has 0 saturated carbocycles. The van der Waals surface area contributed by atoms with Crippen LogP contribution in [0.5, 0.6) is 0 Å². The fourth-order valence-corrected chi connectivity index (χ4v) is 4.33. The Balaban J connectivity index is 1.80. The normalized spacial score (nSPS) is 24.4. The van der Waals surface area contributed by atoms with Crippen LogP contribution in [0.15, 0.2) is 51.3 Å². The zero-order chi connectivity index (χ0) is 19.4. The number of amidine groups is 1. The minimum atomic E-state index is -4.67. The lowest BCUT2D eigenvalue weighted by Gasteiger charge is -2.34. The van der Waals surface area contributed by atoms with Crippen molar-refractivity contribution in [3.63, 3.8) is 0 Å². The number of allylic oxidation sites excluding steroid dienone is 2. The Morgan fingerprint density at radius 1 is 1.26 bits per heavy atom. The van der Waals surface area contributed by atoms with Crippen molar-refractivity contribution in [1.29, 1.82) is 0 Å². The van der Waals surface area contributed by atoms with Gasteiger partial charge in [-0.25, -0.2) is 0 Å². The summed E-state index contributed by atoms with van der Waals surface area (Å²) in [5, 5.41) is 0. The molecular weight excluding hydrogens is 435 g/mol. The molecule has 144 valence electrons. The standard InChI is InChI=1S/C18H14BrF5N2O/c19-12-3-4-13-10(6-12)2-1-5-17(13)9-26-8-11(18(22,23)24)7-14(15(26)25-17)27-16(20)21/h3-4,6-8,16H,1-2,5,9H2/t17-/m1/s1. The Labute approximate surface area is 160 Å². The van der Waals surface area contributed by atoms with Crippen LogP contribution in [0.2, 0.25) is 0 Å². The molecule has 1 aromatic rings. The van der Waals surface area contributed by atoms with Gasteiger partial charge in [0, 0.05) is 10.7 Å². The van der Waals surface area contributed by atoms with Crippen molar-refractivity contribution in [2.75, 3.05) is 6.54 Å². The molecule has 0 bridgehead atoms. The van der Waals surface area contributed by atoms with Gasteiger partial charge < -0.3 is 9.64 Å². The molecule has 1 spiro atoms. The average Bonchev–Trinajstić information content (AvgIpc) is 2.92. The molecule has 0 amide bonds. The molecule has 0 aromatic heterocycles. The van der Waals surface area contributed by atoms with Gasteiger partial charge in [0.05, 0.1) is 12.1 Å². The third-order valence-corrected chi connectivity index (χ3v) is 5.47. The van der Waals surface area contributed by atoms with Crippen molar-refractivity contribution in [2.24, 2.45) is 4.99 Å². The molecule has 3 nitrogen and oxygen atoms in total. The summed E-state index contributed by atoms with van der Waals surface area (Å²) in [6, 6.07) is 5.72. The van der Waals surface area contributed by atoms with Crippen molar-refractivity contribution in [2.45, 2.75) is 37.6 Å². The van der Waals surface area contributed by atoms with E-state index in [2.05, 4.69) is 25.7 Å². The van der Waals surface area contributed by atoms with Gasteiger partial charge in [-0.3, -0.25) is 4.99 Å². The predicted molar refractivity (Wildman–Crippen MR) is 92.2 cm³/mol. The second kappa shape index (κ2) is 6.32. The van der Waals surface area contributed by atoms with Crippen molar-refractivity contribution in [3.8, 4) is 0 Å². The lowest BCUT2D eigenvalue weighted by atomic mass is 9.77. The third kappa shape index (κ3) is 3.26. The topological polar surface area (TPSA) is 24.8 Å². The van der Waals surface area contributed by atoms with Gasteiger partial charge in [0.15, 0.2) is 11.6 Å². The van der Waals surface area contributed by atoms with E-state index in [9.17, 15) is 22.0 Å². The van der Waals surface area contributed by atoms with E-state index in [1.54, 1.807) is 0 Å². The van der Waals surface area contributed by atoms with Crippen molar-refractivity contribution in [3.05, 3.63) is 57.4 Å². The van der Waals surface area contributed by atoms with E-state index in [1.807, 2.05) is 18.2 Å². The number of benzene rings is 1. The van der Waals surface area contributed by atoms with Gasteiger partial charge in [-0.05, 0) is 48.6 Å². The van der Waals surface area contributed by atoms with Crippen LogP contribution in [0, 0.1) is 0 Å². The predicted octanol–water partition coefficient (Wildman–Crippen LogP) is 5.28. The van der Waals surface area contributed by atoms with Gasteiger partial charge >= 0.3 is 12.8 Å². The summed E-state index contributed by atoms with van der Waals surface area (Å²) in [5.74, 6) is -0.542. The lowest BCUT2D eigenvalue weighted by Crippen LogP contribution is -2.36. The molecule has 9 heteroatoms. The number of fused-ring (bicyclic) bond motifs is 3. The van der Waals surface area contributed by atoms with Crippen molar-refractivity contribution >= 4 is 21.8 Å². The fraction of sp³-hybridized carbons (Fsp3) is 0.389. The van der Waals surface area contributed by atoms with E-state index in [0.29, 0.717) is 12.5 Å². The quantitative estimate of drug-likeness (QED) is 0.575. The van der Waals surface area contributed by atoms with Gasteiger partial charge in [-0.15, -0.1) is 0 Å². The number of aryl methyl sites for hydroxylation is 1. The number of nitrogens with zero attached hydrogens (tertiary/aromatic N) is 2. The number of ether oxygens (including phenoxy) is 1. The van der Waals surface area contributed by atoms with E-state index in [4.69, 9.17) is 0 Å². The molecule has 0 fully saturated rings. The first-order chi connectivity index (χ1) is 12.7. The maximum absolute atomic E-state index is 13.2. The van der Waals surface area contributed by atoms with Crippen LogP contribution in [0.1, 0.15) is 24.0 Å².